The van der Waals surface area contributed by atoms with Crippen LogP contribution in [0.1, 0.15) is 32.6 Å². The van der Waals surface area contributed by atoms with Gasteiger partial charge in [0.05, 0.1) is 4.92 Å². The van der Waals surface area contributed by atoms with Gasteiger partial charge >= 0.3 is 5.69 Å². The number of amides is 1. The quantitative estimate of drug-likeness (QED) is 0.626. The summed E-state index contributed by atoms with van der Waals surface area (Å²) in [6.45, 7) is 1.59. The molecule has 3 atom stereocenters. The molecule has 1 amide bonds. The van der Waals surface area contributed by atoms with E-state index in [9.17, 15) is 14.9 Å². The molecule has 2 bridgehead atoms. The highest BCUT2D eigenvalue weighted by Gasteiger charge is 2.34. The Balaban J connectivity index is 1.61. The first-order valence-corrected chi connectivity index (χ1v) is 8.47. The van der Waals surface area contributed by atoms with Gasteiger partial charge in [0, 0.05) is 29.2 Å². The highest BCUT2D eigenvalue weighted by Crippen LogP contribution is 2.31. The molecular weight excluding hydrogens is 334 g/mol. The molecule has 0 saturated carbocycles. The topological polar surface area (TPSA) is 93.5 Å². The molecule has 0 aliphatic carbocycles. The SMILES string of the molecule is CC(Oc1ccc(Cl)cc1[N+](=O)[O-])C(=O)NC1CC2CCC(C1)N2. The third-order valence-corrected chi connectivity index (χ3v) is 4.85. The van der Waals surface area contributed by atoms with Crippen molar-refractivity contribution in [2.45, 2.75) is 56.8 Å². The first-order chi connectivity index (χ1) is 11.4. The fourth-order valence-corrected chi connectivity index (χ4v) is 3.64. The second-order valence-corrected chi connectivity index (χ2v) is 6.88. The van der Waals surface area contributed by atoms with Gasteiger partial charge in [-0.3, -0.25) is 14.9 Å². The molecule has 2 aliphatic heterocycles. The van der Waals surface area contributed by atoms with Crippen molar-refractivity contribution >= 4 is 23.2 Å². The Morgan fingerprint density at radius 3 is 2.71 bits per heavy atom. The van der Waals surface area contributed by atoms with Gasteiger partial charge in [-0.2, -0.15) is 0 Å². The fraction of sp³-hybridized carbons (Fsp3) is 0.562. The summed E-state index contributed by atoms with van der Waals surface area (Å²) in [5, 5.41) is 17.8. The second-order valence-electron chi connectivity index (χ2n) is 6.44. The minimum Gasteiger partial charge on any atom is -0.474 e. The highest BCUT2D eigenvalue weighted by atomic mass is 35.5. The van der Waals surface area contributed by atoms with Crippen LogP contribution in [0.2, 0.25) is 5.02 Å². The molecule has 2 fully saturated rings. The number of rotatable bonds is 5. The Morgan fingerprint density at radius 1 is 1.42 bits per heavy atom. The Labute approximate surface area is 144 Å². The van der Waals surface area contributed by atoms with E-state index in [4.69, 9.17) is 16.3 Å². The van der Waals surface area contributed by atoms with Gasteiger partial charge in [-0.15, -0.1) is 0 Å². The van der Waals surface area contributed by atoms with Crippen molar-refractivity contribution in [2.24, 2.45) is 0 Å². The number of nitrogens with zero attached hydrogens (tertiary/aromatic N) is 1. The zero-order chi connectivity index (χ0) is 17.3. The van der Waals surface area contributed by atoms with Crippen molar-refractivity contribution in [1.29, 1.82) is 0 Å². The molecule has 7 nitrogen and oxygen atoms in total. The van der Waals surface area contributed by atoms with Crippen molar-refractivity contribution < 1.29 is 14.5 Å². The van der Waals surface area contributed by atoms with E-state index in [2.05, 4.69) is 10.6 Å². The third-order valence-electron chi connectivity index (χ3n) is 4.61. The van der Waals surface area contributed by atoms with E-state index < -0.39 is 11.0 Å². The van der Waals surface area contributed by atoms with E-state index >= 15 is 0 Å². The zero-order valence-electron chi connectivity index (χ0n) is 13.3. The average Bonchev–Trinajstić information content (AvgIpc) is 2.87. The summed E-state index contributed by atoms with van der Waals surface area (Å²) >= 11 is 5.78. The maximum atomic E-state index is 12.3. The number of nitro groups is 1. The molecule has 3 rings (SSSR count). The molecule has 1 aromatic carbocycles. The molecule has 2 heterocycles. The molecule has 24 heavy (non-hydrogen) atoms. The van der Waals surface area contributed by atoms with Gasteiger partial charge < -0.3 is 15.4 Å². The summed E-state index contributed by atoms with van der Waals surface area (Å²) in [5.74, 6) is -0.219. The smallest absolute Gasteiger partial charge is 0.312 e. The molecule has 0 spiro atoms. The van der Waals surface area contributed by atoms with Crippen LogP contribution in [0.5, 0.6) is 5.75 Å². The van der Waals surface area contributed by atoms with Gasteiger partial charge in [-0.1, -0.05) is 11.6 Å². The minimum absolute atomic E-state index is 0.0393. The number of nitrogens with one attached hydrogen (secondary N) is 2. The molecule has 130 valence electrons. The van der Waals surface area contributed by atoms with Crippen LogP contribution in [0.4, 0.5) is 5.69 Å². The molecular formula is C16H20ClN3O4. The van der Waals surface area contributed by atoms with Crippen LogP contribution >= 0.6 is 11.6 Å². The lowest BCUT2D eigenvalue weighted by molar-refractivity contribution is -0.386. The standard InChI is InChI=1S/C16H20ClN3O4/c1-9(24-15-5-2-10(17)6-14(15)20(22)23)16(21)19-13-7-11-3-4-12(8-13)18-11/h2,5-6,9,11-13,18H,3-4,7-8H2,1H3,(H,19,21). The number of ether oxygens (including phenoxy) is 1. The lowest BCUT2D eigenvalue weighted by atomic mass is 9.99. The first-order valence-electron chi connectivity index (χ1n) is 8.09. The van der Waals surface area contributed by atoms with Gasteiger partial charge in [0.15, 0.2) is 11.9 Å². The van der Waals surface area contributed by atoms with Crippen molar-refractivity contribution in [3.63, 3.8) is 0 Å². The molecule has 0 aromatic heterocycles. The van der Waals surface area contributed by atoms with Crippen molar-refractivity contribution in [2.75, 3.05) is 0 Å². The number of carbonyl (C=O) groups is 1. The molecule has 2 aliphatic rings. The number of halogens is 1. The summed E-state index contributed by atoms with van der Waals surface area (Å²) in [5.41, 5.74) is -0.248. The number of carbonyl (C=O) groups excluding carboxylic acids is 1. The highest BCUT2D eigenvalue weighted by molar-refractivity contribution is 6.30. The molecule has 2 saturated heterocycles. The fourth-order valence-electron chi connectivity index (χ4n) is 3.47. The number of hydrogen-bond donors (Lipinski definition) is 2. The third kappa shape index (κ3) is 3.79. The van der Waals surface area contributed by atoms with E-state index in [1.165, 1.54) is 18.2 Å². The van der Waals surface area contributed by atoms with Gasteiger partial charge in [0.2, 0.25) is 0 Å². The Morgan fingerprint density at radius 2 is 2.08 bits per heavy atom. The van der Waals surface area contributed by atoms with Crippen molar-refractivity contribution in [3.8, 4) is 5.75 Å². The Bertz CT molecular complexity index is 642. The van der Waals surface area contributed by atoms with E-state index in [0.29, 0.717) is 12.1 Å². The zero-order valence-corrected chi connectivity index (χ0v) is 14.1. The van der Waals surface area contributed by atoms with Gasteiger partial charge in [0.1, 0.15) is 0 Å². The van der Waals surface area contributed by atoms with E-state index in [-0.39, 0.29) is 28.4 Å². The Kier molecular flexibility index (Phi) is 4.91. The molecule has 0 radical (unpaired) electrons. The minimum atomic E-state index is -0.822. The van der Waals surface area contributed by atoms with Crippen LogP contribution in [0, 0.1) is 10.1 Å². The number of piperidine rings is 1. The first kappa shape index (κ1) is 17.0. The lowest BCUT2D eigenvalue weighted by Crippen LogP contribution is -2.50. The van der Waals surface area contributed by atoms with Crippen LogP contribution < -0.4 is 15.4 Å². The average molecular weight is 354 g/mol. The van der Waals surface area contributed by atoms with Crippen LogP contribution in [-0.2, 0) is 4.79 Å². The summed E-state index contributed by atoms with van der Waals surface area (Å²) in [6.07, 6.45) is 3.31. The predicted molar refractivity (Wildman–Crippen MR) is 89.3 cm³/mol. The summed E-state index contributed by atoms with van der Waals surface area (Å²) in [7, 11) is 0. The van der Waals surface area contributed by atoms with Gasteiger partial charge in [-0.05, 0) is 44.7 Å². The number of hydrogen-bond acceptors (Lipinski definition) is 5. The van der Waals surface area contributed by atoms with Gasteiger partial charge in [-0.25, -0.2) is 0 Å². The van der Waals surface area contributed by atoms with E-state index in [0.717, 1.165) is 25.7 Å². The summed E-state index contributed by atoms with van der Waals surface area (Å²) in [4.78, 5) is 22.9. The van der Waals surface area contributed by atoms with Crippen LogP contribution in [0.3, 0.4) is 0 Å². The Hall–Kier alpha value is -1.86. The van der Waals surface area contributed by atoms with Crippen LogP contribution in [-0.4, -0.2) is 35.1 Å². The number of benzene rings is 1. The van der Waals surface area contributed by atoms with Crippen molar-refractivity contribution in [1.82, 2.24) is 10.6 Å². The summed E-state index contributed by atoms with van der Waals surface area (Å²) in [6, 6.07) is 5.20. The monoisotopic (exact) mass is 353 g/mol. The number of nitro benzene ring substituents is 1. The lowest BCUT2D eigenvalue weighted by Gasteiger charge is -2.30. The van der Waals surface area contributed by atoms with Crippen LogP contribution in [0.25, 0.3) is 0 Å². The second kappa shape index (κ2) is 6.94. The van der Waals surface area contributed by atoms with Gasteiger partial charge in [0.25, 0.3) is 5.91 Å². The van der Waals surface area contributed by atoms with E-state index in [1.54, 1.807) is 6.92 Å². The molecule has 8 heteroatoms. The largest absolute Gasteiger partial charge is 0.474 e. The molecule has 3 unspecified atom stereocenters. The van der Waals surface area contributed by atoms with Crippen LogP contribution in [0.15, 0.2) is 18.2 Å². The molecule has 1 aromatic rings. The van der Waals surface area contributed by atoms with E-state index in [1.807, 2.05) is 0 Å². The number of fused-ring (bicyclic) bond motifs is 2. The maximum Gasteiger partial charge on any atom is 0.312 e. The normalized spacial score (nSPS) is 26.7. The summed E-state index contributed by atoms with van der Waals surface area (Å²) < 4.78 is 5.51. The predicted octanol–water partition coefficient (Wildman–Crippen LogP) is 2.41. The molecule has 2 N–H and O–H groups in total. The van der Waals surface area contributed by atoms with Crippen molar-refractivity contribution in [3.05, 3.63) is 33.3 Å². The maximum absolute atomic E-state index is 12.3.